The summed E-state index contributed by atoms with van der Waals surface area (Å²) in [5.74, 6) is 0.316. The Bertz CT molecular complexity index is 1680. The maximum Gasteiger partial charge on any atom is 0.341 e. The van der Waals surface area contributed by atoms with Gasteiger partial charge in [0, 0.05) is 10.4 Å². The lowest BCUT2D eigenvalue weighted by molar-refractivity contribution is -0.124. The Hall–Kier alpha value is -4.18. The monoisotopic (exact) mass is 617 g/mol. The number of esters is 2. The molecule has 10 heteroatoms. The zero-order chi connectivity index (χ0) is 31.6. The molecule has 2 atom stereocenters. The fourth-order valence-electron chi connectivity index (χ4n) is 5.57. The molecular weight excluding hydrogens is 578 g/mol. The average molecular weight is 618 g/mol. The number of anilines is 1. The van der Waals surface area contributed by atoms with Gasteiger partial charge < -0.3 is 24.5 Å². The molecule has 5 rings (SSSR count). The van der Waals surface area contributed by atoms with E-state index in [4.69, 9.17) is 14.2 Å². The minimum absolute atomic E-state index is 0.132. The third kappa shape index (κ3) is 6.50. The molecule has 2 heterocycles. The zero-order valence-electron chi connectivity index (χ0n) is 26.0. The summed E-state index contributed by atoms with van der Waals surface area (Å²) in [5.41, 5.74) is 4.04. The molecule has 0 aliphatic heterocycles. The molecule has 0 fully saturated rings. The fraction of sp³-hybridized carbons (Fsp3) is 0.412. The van der Waals surface area contributed by atoms with E-state index < -0.39 is 23.9 Å². The first kappa shape index (κ1) is 31.3. The van der Waals surface area contributed by atoms with E-state index in [0.717, 1.165) is 41.0 Å². The molecule has 2 N–H and O–H groups in total. The second kappa shape index (κ2) is 12.8. The largest absolute Gasteiger partial charge is 0.497 e. The number of fused-ring (bicyclic) bond motifs is 2. The van der Waals surface area contributed by atoms with Crippen LogP contribution in [0.25, 0.3) is 22.4 Å². The van der Waals surface area contributed by atoms with Crippen molar-refractivity contribution >= 4 is 45.2 Å². The fourth-order valence-corrected chi connectivity index (χ4v) is 6.88. The van der Waals surface area contributed by atoms with Gasteiger partial charge in [-0.05, 0) is 92.0 Å². The number of nitrogens with one attached hydrogen (secondary N) is 2. The maximum atomic E-state index is 13.4. The van der Waals surface area contributed by atoms with Gasteiger partial charge in [-0.3, -0.25) is 4.79 Å². The van der Waals surface area contributed by atoms with Crippen LogP contribution in [0.4, 0.5) is 5.00 Å². The van der Waals surface area contributed by atoms with Crippen molar-refractivity contribution in [3.8, 4) is 17.1 Å². The van der Waals surface area contributed by atoms with Gasteiger partial charge in [-0.25, -0.2) is 14.6 Å². The van der Waals surface area contributed by atoms with Gasteiger partial charge in [0.2, 0.25) is 0 Å². The molecule has 4 aromatic rings. The van der Waals surface area contributed by atoms with Crippen LogP contribution >= 0.6 is 11.3 Å². The highest BCUT2D eigenvalue weighted by Gasteiger charge is 2.35. The number of carbonyl (C=O) groups excluding carboxylic acids is 3. The summed E-state index contributed by atoms with van der Waals surface area (Å²) >= 11 is 1.42. The number of aromatic nitrogens is 2. The van der Waals surface area contributed by atoms with Crippen molar-refractivity contribution in [2.75, 3.05) is 19.0 Å². The predicted molar refractivity (Wildman–Crippen MR) is 171 cm³/mol. The predicted octanol–water partition coefficient (Wildman–Crippen LogP) is 7.20. The number of benzene rings is 2. The number of carbonyl (C=O) groups is 3. The van der Waals surface area contributed by atoms with E-state index in [9.17, 15) is 14.4 Å². The smallest absolute Gasteiger partial charge is 0.341 e. The first-order chi connectivity index (χ1) is 21.0. The number of thiophene rings is 1. The number of H-pyrrole nitrogens is 1. The Morgan fingerprint density at radius 3 is 2.50 bits per heavy atom. The second-order valence-electron chi connectivity index (χ2n) is 12.1. The molecule has 1 aliphatic rings. The van der Waals surface area contributed by atoms with Gasteiger partial charge in [-0.1, -0.05) is 27.7 Å². The van der Waals surface area contributed by atoms with Crippen LogP contribution in [0.1, 0.15) is 78.6 Å². The van der Waals surface area contributed by atoms with Crippen molar-refractivity contribution in [1.29, 1.82) is 0 Å². The summed E-state index contributed by atoms with van der Waals surface area (Å²) in [6, 6.07) is 12.5. The standard InChI is InChI=1S/C34H39N3O6S/c1-7-26(30(38)37-31-28(33(40)42-8-2)23-15-12-21(34(3,4)5)18-27(23)44-31)43-32(39)20-11-16-24-25(17-20)36-29(35-24)19-9-13-22(41-6)14-10-19/h9-11,13-14,16-17,21,26H,7-8,12,15,18H2,1-6H3,(H,35,36)(H,37,38). The number of methoxy groups -OCH3 is 1. The first-order valence-electron chi connectivity index (χ1n) is 15.0. The van der Waals surface area contributed by atoms with Gasteiger partial charge in [-0.15, -0.1) is 11.3 Å². The van der Waals surface area contributed by atoms with Gasteiger partial charge in [0.05, 0.1) is 35.9 Å². The van der Waals surface area contributed by atoms with Crippen LogP contribution in [0.2, 0.25) is 0 Å². The van der Waals surface area contributed by atoms with Crippen LogP contribution in [0.15, 0.2) is 42.5 Å². The number of imidazole rings is 1. The number of amides is 1. The summed E-state index contributed by atoms with van der Waals surface area (Å²) in [7, 11) is 1.61. The summed E-state index contributed by atoms with van der Waals surface area (Å²) in [5, 5.41) is 3.36. The molecule has 232 valence electrons. The molecule has 1 aliphatic carbocycles. The number of nitrogens with zero attached hydrogens (tertiary/aromatic N) is 1. The number of hydrogen-bond acceptors (Lipinski definition) is 8. The van der Waals surface area contributed by atoms with Crippen LogP contribution in [0.5, 0.6) is 5.75 Å². The van der Waals surface area contributed by atoms with Crippen LogP contribution < -0.4 is 10.1 Å². The van der Waals surface area contributed by atoms with Crippen LogP contribution in [0, 0.1) is 11.3 Å². The molecule has 2 aromatic heterocycles. The Balaban J connectivity index is 1.33. The number of hydrogen-bond donors (Lipinski definition) is 2. The van der Waals surface area contributed by atoms with E-state index in [1.54, 1.807) is 39.2 Å². The molecule has 0 radical (unpaired) electrons. The topological polar surface area (TPSA) is 120 Å². The lowest BCUT2D eigenvalue weighted by Gasteiger charge is -2.33. The molecule has 1 amide bonds. The Morgan fingerprint density at radius 1 is 1.09 bits per heavy atom. The van der Waals surface area contributed by atoms with Gasteiger partial charge in [0.15, 0.2) is 6.10 Å². The Kier molecular flexibility index (Phi) is 9.10. The van der Waals surface area contributed by atoms with E-state index in [0.29, 0.717) is 38.9 Å². The highest BCUT2D eigenvalue weighted by atomic mass is 32.1. The number of rotatable bonds is 9. The van der Waals surface area contributed by atoms with Gasteiger partial charge in [0.25, 0.3) is 5.91 Å². The van der Waals surface area contributed by atoms with Crippen LogP contribution in [-0.2, 0) is 27.1 Å². The lowest BCUT2D eigenvalue weighted by atomic mass is 9.72. The van der Waals surface area contributed by atoms with Crippen molar-refractivity contribution in [3.63, 3.8) is 0 Å². The molecule has 0 saturated heterocycles. The normalized spacial score (nSPS) is 15.4. The summed E-state index contributed by atoms with van der Waals surface area (Å²) in [6.45, 7) is 10.5. The van der Waals surface area contributed by atoms with Gasteiger partial charge in [-0.2, -0.15) is 0 Å². The maximum absolute atomic E-state index is 13.4. The van der Waals surface area contributed by atoms with Crippen molar-refractivity contribution in [3.05, 3.63) is 64.0 Å². The Labute approximate surface area is 261 Å². The van der Waals surface area contributed by atoms with Crippen LogP contribution in [-0.4, -0.2) is 47.6 Å². The lowest BCUT2D eigenvalue weighted by Crippen LogP contribution is -2.32. The van der Waals surface area contributed by atoms with Crippen molar-refractivity contribution in [1.82, 2.24) is 9.97 Å². The van der Waals surface area contributed by atoms with Gasteiger partial charge in [0.1, 0.15) is 16.6 Å². The highest BCUT2D eigenvalue weighted by Crippen LogP contribution is 2.44. The van der Waals surface area contributed by atoms with Crippen molar-refractivity contribution < 1.29 is 28.6 Å². The van der Waals surface area contributed by atoms with E-state index in [-0.39, 0.29) is 18.4 Å². The molecule has 0 saturated carbocycles. The van der Waals surface area contributed by atoms with E-state index in [1.807, 2.05) is 24.3 Å². The minimum atomic E-state index is -1.05. The molecule has 9 nitrogen and oxygen atoms in total. The van der Waals surface area contributed by atoms with E-state index in [1.165, 1.54) is 11.3 Å². The molecule has 0 spiro atoms. The van der Waals surface area contributed by atoms with Crippen molar-refractivity contribution in [2.45, 2.75) is 66.4 Å². The zero-order valence-corrected chi connectivity index (χ0v) is 26.9. The molecule has 0 bridgehead atoms. The number of aromatic amines is 1. The second-order valence-corrected chi connectivity index (χ2v) is 13.2. The molecular formula is C34H39N3O6S. The van der Waals surface area contributed by atoms with Crippen LogP contribution in [0.3, 0.4) is 0 Å². The SMILES string of the molecule is CCOC(=O)c1c(NC(=O)C(CC)OC(=O)c2ccc3nc(-c4ccc(OC)cc4)[nH]c3c2)sc2c1CCC(C(C)(C)C)C2. The molecule has 2 unspecified atom stereocenters. The average Bonchev–Trinajstić information content (AvgIpc) is 3.59. The highest BCUT2D eigenvalue weighted by molar-refractivity contribution is 7.17. The summed E-state index contributed by atoms with van der Waals surface area (Å²) in [4.78, 5) is 48.6. The first-order valence-corrected chi connectivity index (χ1v) is 15.8. The minimum Gasteiger partial charge on any atom is -0.497 e. The van der Waals surface area contributed by atoms with Crippen molar-refractivity contribution in [2.24, 2.45) is 11.3 Å². The number of ether oxygens (including phenoxy) is 3. The van der Waals surface area contributed by atoms with E-state index in [2.05, 4.69) is 36.1 Å². The Morgan fingerprint density at radius 2 is 1.84 bits per heavy atom. The third-order valence-electron chi connectivity index (χ3n) is 8.20. The summed E-state index contributed by atoms with van der Waals surface area (Å²) < 4.78 is 16.3. The molecule has 44 heavy (non-hydrogen) atoms. The summed E-state index contributed by atoms with van der Waals surface area (Å²) in [6.07, 6.45) is 1.77. The quantitative estimate of drug-likeness (QED) is 0.191. The third-order valence-corrected chi connectivity index (χ3v) is 9.37. The molecule has 2 aromatic carbocycles. The van der Waals surface area contributed by atoms with Gasteiger partial charge >= 0.3 is 11.9 Å². The van der Waals surface area contributed by atoms with E-state index >= 15 is 0 Å².